The van der Waals surface area contributed by atoms with Gasteiger partial charge in [0.15, 0.2) is 0 Å². The summed E-state index contributed by atoms with van der Waals surface area (Å²) in [5.41, 5.74) is 1.93. The number of halogens is 2. The molecule has 88 valence electrons. The van der Waals surface area contributed by atoms with Gasteiger partial charge >= 0.3 is 0 Å². The molecule has 1 aromatic carbocycles. The van der Waals surface area contributed by atoms with Gasteiger partial charge in [-0.15, -0.1) is 0 Å². The second-order valence-electron chi connectivity index (χ2n) is 3.71. The van der Waals surface area contributed by atoms with Crippen LogP contribution in [0.1, 0.15) is 17.2 Å². The minimum absolute atomic E-state index is 0.0343. The van der Waals surface area contributed by atoms with E-state index in [2.05, 4.69) is 39.0 Å². The number of benzene rings is 1. The van der Waals surface area contributed by atoms with Gasteiger partial charge in [0.1, 0.15) is 5.82 Å². The first-order valence-electron chi connectivity index (χ1n) is 5.24. The molecule has 1 heterocycles. The number of hydrogen-bond donors (Lipinski definition) is 1. The molecule has 0 saturated carbocycles. The largest absolute Gasteiger partial charge is 0.309 e. The molecule has 1 atom stereocenters. The van der Waals surface area contributed by atoms with Gasteiger partial charge < -0.3 is 5.32 Å². The lowest BCUT2D eigenvalue weighted by molar-refractivity contribution is 0.608. The first-order valence-corrected chi connectivity index (χ1v) is 6.32. The summed E-state index contributed by atoms with van der Waals surface area (Å²) in [4.78, 5) is 3.88. The van der Waals surface area contributed by atoms with Crippen molar-refractivity contribution < 1.29 is 4.39 Å². The van der Waals surface area contributed by atoms with Crippen molar-refractivity contribution in [3.8, 4) is 0 Å². The van der Waals surface area contributed by atoms with Crippen molar-refractivity contribution in [2.24, 2.45) is 0 Å². The zero-order valence-corrected chi connectivity index (χ0v) is 11.5. The molecule has 0 spiro atoms. The van der Waals surface area contributed by atoms with E-state index in [0.717, 1.165) is 14.7 Å². The van der Waals surface area contributed by atoms with Crippen LogP contribution in [0.25, 0.3) is 0 Å². The standard InChI is InChI=1S/C13H12FIN2/c1-16-13(9-3-2-4-12(15)6-9)10-5-11(14)8-17-7-10/h2-8,13,16H,1H3. The Morgan fingerprint density at radius 3 is 2.71 bits per heavy atom. The van der Waals surface area contributed by atoms with E-state index in [-0.39, 0.29) is 11.9 Å². The number of rotatable bonds is 3. The van der Waals surface area contributed by atoms with Gasteiger partial charge in [-0.2, -0.15) is 0 Å². The van der Waals surface area contributed by atoms with E-state index >= 15 is 0 Å². The lowest BCUT2D eigenvalue weighted by Gasteiger charge is -2.17. The maximum atomic E-state index is 13.2. The number of nitrogens with zero attached hydrogens (tertiary/aromatic N) is 1. The fraction of sp³-hybridized carbons (Fsp3) is 0.154. The van der Waals surface area contributed by atoms with Crippen LogP contribution in [-0.2, 0) is 0 Å². The monoisotopic (exact) mass is 342 g/mol. The summed E-state index contributed by atoms with van der Waals surface area (Å²) in [6.45, 7) is 0. The normalized spacial score (nSPS) is 12.4. The molecular weight excluding hydrogens is 330 g/mol. The minimum atomic E-state index is -0.312. The molecule has 2 rings (SSSR count). The van der Waals surface area contributed by atoms with Crippen molar-refractivity contribution in [2.45, 2.75) is 6.04 Å². The van der Waals surface area contributed by atoms with E-state index < -0.39 is 0 Å². The van der Waals surface area contributed by atoms with Gasteiger partial charge in [0.2, 0.25) is 0 Å². The van der Waals surface area contributed by atoms with Gasteiger partial charge in [-0.1, -0.05) is 12.1 Å². The van der Waals surface area contributed by atoms with E-state index in [9.17, 15) is 4.39 Å². The Morgan fingerprint density at radius 2 is 2.06 bits per heavy atom. The van der Waals surface area contributed by atoms with Crippen LogP contribution in [0, 0.1) is 9.39 Å². The van der Waals surface area contributed by atoms with Gasteiger partial charge in [-0.05, 0) is 59.0 Å². The van der Waals surface area contributed by atoms with Crippen LogP contribution in [0.2, 0.25) is 0 Å². The fourth-order valence-electron chi connectivity index (χ4n) is 1.80. The van der Waals surface area contributed by atoms with Crippen LogP contribution in [0.15, 0.2) is 42.7 Å². The molecule has 0 aliphatic carbocycles. The summed E-state index contributed by atoms with van der Waals surface area (Å²) in [7, 11) is 1.86. The van der Waals surface area contributed by atoms with Gasteiger partial charge in [-0.3, -0.25) is 4.98 Å². The van der Waals surface area contributed by atoms with E-state index in [1.807, 2.05) is 25.2 Å². The first kappa shape index (κ1) is 12.4. The maximum Gasteiger partial charge on any atom is 0.141 e. The van der Waals surface area contributed by atoms with Gasteiger partial charge in [0.25, 0.3) is 0 Å². The Kier molecular flexibility index (Phi) is 4.06. The third-order valence-electron chi connectivity index (χ3n) is 2.53. The summed E-state index contributed by atoms with van der Waals surface area (Å²) >= 11 is 2.26. The predicted molar refractivity (Wildman–Crippen MR) is 74.3 cm³/mol. The molecule has 17 heavy (non-hydrogen) atoms. The molecule has 2 nitrogen and oxygen atoms in total. The summed E-state index contributed by atoms with van der Waals surface area (Å²) in [5, 5.41) is 3.18. The Bertz CT molecular complexity index is 471. The summed E-state index contributed by atoms with van der Waals surface area (Å²) in [6.07, 6.45) is 2.90. The Balaban J connectivity index is 2.40. The van der Waals surface area contributed by atoms with E-state index in [0.29, 0.717) is 0 Å². The molecule has 4 heteroatoms. The average Bonchev–Trinajstić information content (AvgIpc) is 2.30. The van der Waals surface area contributed by atoms with E-state index in [1.165, 1.54) is 12.3 Å². The molecule has 2 aromatic rings. The predicted octanol–water partition coefficient (Wildman–Crippen LogP) is 3.13. The number of pyridine rings is 1. The molecule has 0 aliphatic heterocycles. The highest BCUT2D eigenvalue weighted by atomic mass is 127. The van der Waals surface area contributed by atoms with Crippen molar-refractivity contribution in [3.05, 3.63) is 63.2 Å². The lowest BCUT2D eigenvalue weighted by Crippen LogP contribution is -2.18. The number of hydrogen-bond acceptors (Lipinski definition) is 2. The van der Waals surface area contributed by atoms with Gasteiger partial charge in [0, 0.05) is 9.77 Å². The highest BCUT2D eigenvalue weighted by Gasteiger charge is 2.12. The van der Waals surface area contributed by atoms with Crippen LogP contribution in [0.3, 0.4) is 0 Å². The Morgan fingerprint density at radius 1 is 1.24 bits per heavy atom. The zero-order valence-electron chi connectivity index (χ0n) is 9.32. The minimum Gasteiger partial charge on any atom is -0.309 e. The lowest BCUT2D eigenvalue weighted by atomic mass is 10.0. The van der Waals surface area contributed by atoms with Crippen LogP contribution in [-0.4, -0.2) is 12.0 Å². The van der Waals surface area contributed by atoms with Crippen molar-refractivity contribution in [1.29, 1.82) is 0 Å². The first-order chi connectivity index (χ1) is 8.20. The average molecular weight is 342 g/mol. The second kappa shape index (κ2) is 5.55. The van der Waals surface area contributed by atoms with Gasteiger partial charge in [0.05, 0.1) is 12.2 Å². The quantitative estimate of drug-likeness (QED) is 0.867. The van der Waals surface area contributed by atoms with Crippen molar-refractivity contribution >= 4 is 22.6 Å². The van der Waals surface area contributed by atoms with Crippen LogP contribution < -0.4 is 5.32 Å². The second-order valence-corrected chi connectivity index (χ2v) is 4.96. The fourth-order valence-corrected chi connectivity index (χ4v) is 2.37. The summed E-state index contributed by atoms with van der Waals surface area (Å²) < 4.78 is 14.3. The molecule has 0 amide bonds. The highest BCUT2D eigenvalue weighted by molar-refractivity contribution is 14.1. The number of nitrogens with one attached hydrogen (secondary N) is 1. The SMILES string of the molecule is CNC(c1cncc(F)c1)c1cccc(I)c1. The third-order valence-corrected chi connectivity index (χ3v) is 3.20. The molecule has 0 radical (unpaired) electrons. The van der Waals surface area contributed by atoms with E-state index in [4.69, 9.17) is 0 Å². The summed E-state index contributed by atoms with van der Waals surface area (Å²) in [5.74, 6) is -0.312. The number of aromatic nitrogens is 1. The topological polar surface area (TPSA) is 24.9 Å². The van der Waals surface area contributed by atoms with Crippen molar-refractivity contribution in [3.63, 3.8) is 0 Å². The molecule has 0 fully saturated rings. The van der Waals surface area contributed by atoms with Gasteiger partial charge in [-0.25, -0.2) is 4.39 Å². The smallest absolute Gasteiger partial charge is 0.141 e. The molecular formula is C13H12FIN2. The maximum absolute atomic E-state index is 13.2. The molecule has 0 bridgehead atoms. The van der Waals surface area contributed by atoms with Crippen LogP contribution in [0.4, 0.5) is 4.39 Å². The third kappa shape index (κ3) is 3.01. The molecule has 0 aliphatic rings. The summed E-state index contributed by atoms with van der Waals surface area (Å²) in [6, 6.07) is 9.59. The molecule has 1 unspecified atom stereocenters. The van der Waals surface area contributed by atoms with E-state index in [1.54, 1.807) is 6.20 Å². The Labute approximate surface area is 113 Å². The zero-order chi connectivity index (χ0) is 12.3. The highest BCUT2D eigenvalue weighted by Crippen LogP contribution is 2.22. The molecule has 1 aromatic heterocycles. The molecule has 0 saturated heterocycles. The van der Waals surface area contributed by atoms with Crippen LogP contribution >= 0.6 is 22.6 Å². The van der Waals surface area contributed by atoms with Crippen molar-refractivity contribution in [1.82, 2.24) is 10.3 Å². The van der Waals surface area contributed by atoms with Crippen molar-refractivity contribution in [2.75, 3.05) is 7.05 Å². The Hall–Kier alpha value is -1.01. The molecule has 1 N–H and O–H groups in total. The van der Waals surface area contributed by atoms with Crippen LogP contribution in [0.5, 0.6) is 0 Å².